The molecule has 14 radical (unpaired) electrons. The van der Waals surface area contributed by atoms with Crippen LogP contribution in [0.3, 0.4) is 0 Å². The van der Waals surface area contributed by atoms with Crippen molar-refractivity contribution in [1.82, 2.24) is 0 Å². The Labute approximate surface area is 368 Å². The summed E-state index contributed by atoms with van der Waals surface area (Å²) in [6, 6.07) is 61.8. The maximum absolute atomic E-state index is 7.09. The molecule has 0 heterocycles. The molecule has 0 atom stereocenters. The normalized spacial score (nSPS) is 11.1. The van der Waals surface area contributed by atoms with Crippen LogP contribution in [-0.4, -0.2) is 54.9 Å². The zero-order valence-electron chi connectivity index (χ0n) is 33.4. The van der Waals surface area contributed by atoms with E-state index in [1.165, 1.54) is 0 Å². The number of benzene rings is 9. The van der Waals surface area contributed by atoms with Gasteiger partial charge in [0.05, 0.1) is 0 Å². The maximum Gasteiger partial charge on any atom is 0.115 e. The van der Waals surface area contributed by atoms with Crippen LogP contribution in [0.5, 0.6) is 0 Å². The molecule has 0 amide bonds. The first-order valence-electron chi connectivity index (χ1n) is 20.1. The number of rotatable bonds is 8. The van der Waals surface area contributed by atoms with Crippen LogP contribution in [0.2, 0.25) is 0 Å². The lowest BCUT2D eigenvalue weighted by Gasteiger charge is -2.22. The van der Waals surface area contributed by atoms with Gasteiger partial charge in [0.1, 0.15) is 54.9 Å². The van der Waals surface area contributed by atoms with Crippen molar-refractivity contribution in [1.29, 1.82) is 0 Å². The topological polar surface area (TPSA) is 0 Å². The van der Waals surface area contributed by atoms with Crippen molar-refractivity contribution in [2.24, 2.45) is 0 Å². The number of hydrogen-bond acceptors (Lipinski definition) is 0. The predicted molar refractivity (Wildman–Crippen MR) is 268 cm³/mol. The smallest absolute Gasteiger partial charge is 0.0813 e. The third kappa shape index (κ3) is 7.27. The minimum absolute atomic E-state index is 0.537. The summed E-state index contributed by atoms with van der Waals surface area (Å²) in [4.78, 5) is 0. The van der Waals surface area contributed by atoms with Gasteiger partial charge in [-0.3, -0.25) is 0 Å². The predicted octanol–water partition coefficient (Wildman–Crippen LogP) is 6.58. The van der Waals surface area contributed by atoms with E-state index in [-0.39, 0.29) is 0 Å². The first-order chi connectivity index (χ1) is 29.7. The van der Waals surface area contributed by atoms with Gasteiger partial charge in [-0.1, -0.05) is 226 Å². The Morgan fingerprint density at radius 1 is 0.148 bits per heavy atom. The Morgan fingerprint density at radius 2 is 0.295 bits per heavy atom. The van der Waals surface area contributed by atoms with Crippen LogP contribution >= 0.6 is 0 Å². The standard InChI is InChI=1S/C54H31B7/c55-48-34(32-14-3-1-4-15-32)18-7-20-36(48)38-22-9-24-40(50(38)57)42-26-11-28-44(52(42)59)46-30-13-31-47(54(46)61)45-29-12-27-43(53(45)60)41-25-10-23-39(51(41)58)37-21-8-19-35(49(37)56)33-16-5-2-6-17-33/h1-31H. The Hall–Kier alpha value is -6.57. The van der Waals surface area contributed by atoms with Crippen molar-refractivity contribution in [2.45, 2.75) is 0 Å². The molecule has 0 spiro atoms. The molecule has 0 fully saturated rings. The molecule has 0 aliphatic rings. The summed E-state index contributed by atoms with van der Waals surface area (Å²) in [6.45, 7) is 0. The molecule has 0 N–H and O–H groups in total. The average molecular weight is 756 g/mol. The second-order valence-electron chi connectivity index (χ2n) is 15.1. The lowest BCUT2D eigenvalue weighted by atomic mass is 9.70. The Kier molecular flexibility index (Phi) is 11.0. The summed E-state index contributed by atoms with van der Waals surface area (Å²) >= 11 is 0. The van der Waals surface area contributed by atoms with Crippen molar-refractivity contribution in [3.63, 3.8) is 0 Å². The molecule has 0 saturated heterocycles. The molecule has 0 unspecified atom stereocenters. The molecule has 0 nitrogen and oxygen atoms in total. The summed E-state index contributed by atoms with van der Waals surface area (Å²) in [5.41, 5.74) is 17.6. The monoisotopic (exact) mass is 756 g/mol. The van der Waals surface area contributed by atoms with Crippen LogP contribution in [0.15, 0.2) is 188 Å². The van der Waals surface area contributed by atoms with Gasteiger partial charge < -0.3 is 0 Å². The van der Waals surface area contributed by atoms with Crippen molar-refractivity contribution in [2.75, 3.05) is 0 Å². The van der Waals surface area contributed by atoms with Gasteiger partial charge in [-0.15, -0.1) is 0 Å². The Balaban J connectivity index is 1.08. The van der Waals surface area contributed by atoms with Gasteiger partial charge in [-0.25, -0.2) is 0 Å². The summed E-state index contributed by atoms with van der Waals surface area (Å²) < 4.78 is 0. The van der Waals surface area contributed by atoms with Gasteiger partial charge in [0.2, 0.25) is 0 Å². The molecule has 9 aromatic carbocycles. The Morgan fingerprint density at radius 3 is 0.475 bits per heavy atom. The minimum atomic E-state index is 0.537. The van der Waals surface area contributed by atoms with Crippen LogP contribution in [0.25, 0.3) is 89.0 Å². The second-order valence-corrected chi connectivity index (χ2v) is 15.1. The highest BCUT2D eigenvalue weighted by Crippen LogP contribution is 2.31. The van der Waals surface area contributed by atoms with Crippen molar-refractivity contribution in [3.8, 4) is 89.0 Å². The van der Waals surface area contributed by atoms with Gasteiger partial charge in [-0.05, 0) is 89.0 Å². The van der Waals surface area contributed by atoms with Gasteiger partial charge >= 0.3 is 0 Å². The van der Waals surface area contributed by atoms with E-state index >= 15 is 0 Å². The zero-order chi connectivity index (χ0) is 42.2. The molecule has 0 aromatic heterocycles. The van der Waals surface area contributed by atoms with Crippen molar-refractivity contribution >= 4 is 93.2 Å². The van der Waals surface area contributed by atoms with E-state index in [9.17, 15) is 0 Å². The quantitative estimate of drug-likeness (QED) is 0.154. The van der Waals surface area contributed by atoms with E-state index < -0.39 is 0 Å². The lowest BCUT2D eigenvalue weighted by Crippen LogP contribution is -2.23. The van der Waals surface area contributed by atoms with Crippen molar-refractivity contribution < 1.29 is 0 Å². The zero-order valence-corrected chi connectivity index (χ0v) is 33.4. The molecule has 268 valence electrons. The van der Waals surface area contributed by atoms with E-state index in [1.54, 1.807) is 0 Å². The molecule has 0 bridgehead atoms. The van der Waals surface area contributed by atoms with E-state index in [4.69, 9.17) is 54.9 Å². The minimum Gasteiger partial charge on any atom is -0.0813 e. The van der Waals surface area contributed by atoms with Gasteiger partial charge in [0, 0.05) is 0 Å². The molecule has 9 aromatic rings. The molecular formula is C54H31B7. The highest BCUT2D eigenvalue weighted by molar-refractivity contribution is 6.49. The molecule has 0 saturated carbocycles. The molecule has 0 aliphatic carbocycles. The third-order valence-corrected chi connectivity index (χ3v) is 11.7. The maximum atomic E-state index is 7.09. The summed E-state index contributed by atoms with van der Waals surface area (Å²) in [7, 11) is 48.9. The first-order valence-corrected chi connectivity index (χ1v) is 20.1. The van der Waals surface area contributed by atoms with Crippen molar-refractivity contribution in [3.05, 3.63) is 188 Å². The van der Waals surface area contributed by atoms with Crippen LogP contribution in [0.1, 0.15) is 0 Å². The number of hydrogen-bond donors (Lipinski definition) is 0. The highest BCUT2D eigenvalue weighted by Gasteiger charge is 2.19. The van der Waals surface area contributed by atoms with E-state index in [1.807, 2.05) is 188 Å². The van der Waals surface area contributed by atoms with E-state index in [0.717, 1.165) is 89.0 Å². The summed E-state index contributed by atoms with van der Waals surface area (Å²) in [6.07, 6.45) is 0. The van der Waals surface area contributed by atoms with Gasteiger partial charge in [-0.2, -0.15) is 0 Å². The second kappa shape index (κ2) is 16.8. The first kappa shape index (κ1) is 39.9. The summed E-state index contributed by atoms with van der Waals surface area (Å²) in [5.74, 6) is 0. The Bertz CT molecular complexity index is 2900. The molecular weight excluding hydrogens is 724 g/mol. The fourth-order valence-electron chi connectivity index (χ4n) is 8.51. The molecule has 9 rings (SSSR count). The van der Waals surface area contributed by atoms with Crippen LogP contribution < -0.4 is 38.2 Å². The fourth-order valence-corrected chi connectivity index (χ4v) is 8.51. The molecule has 61 heavy (non-hydrogen) atoms. The average Bonchev–Trinajstić information content (AvgIpc) is 3.28. The summed E-state index contributed by atoms with van der Waals surface area (Å²) in [5, 5.41) is 0. The molecule has 7 heteroatoms. The highest BCUT2D eigenvalue weighted by atomic mass is 14.2. The van der Waals surface area contributed by atoms with Gasteiger partial charge in [0.25, 0.3) is 0 Å². The van der Waals surface area contributed by atoms with Crippen LogP contribution in [0, 0.1) is 0 Å². The van der Waals surface area contributed by atoms with E-state index in [0.29, 0.717) is 38.2 Å². The largest absolute Gasteiger partial charge is 0.115 e. The van der Waals surface area contributed by atoms with E-state index in [2.05, 4.69) is 0 Å². The van der Waals surface area contributed by atoms with Gasteiger partial charge in [0.15, 0.2) is 0 Å². The van der Waals surface area contributed by atoms with Crippen LogP contribution in [-0.2, 0) is 0 Å². The lowest BCUT2D eigenvalue weighted by molar-refractivity contribution is 1.61. The fraction of sp³-hybridized carbons (Fsp3) is 0. The SMILES string of the molecule is [B]c1c(-c2ccccc2)cccc1-c1cccc(-c2cccc(-c3cccc(-c4cccc(-c5cccc(-c6cccc(-c7ccccc7)c6[B])c5[B])c4[B])c3[B])c2[B])c1[B]. The van der Waals surface area contributed by atoms with Crippen LogP contribution in [0.4, 0.5) is 0 Å². The third-order valence-electron chi connectivity index (χ3n) is 11.7. The molecule has 0 aliphatic heterocycles.